The number of nitrogens with one attached hydrogen (secondary N) is 1. The molecule has 1 saturated heterocycles. The molecule has 70 valence electrons. The zero-order chi connectivity index (χ0) is 8.84. The average molecular weight is 178 g/mol. The van der Waals surface area contributed by atoms with Crippen LogP contribution in [-0.2, 0) is 6.54 Å². The molecule has 0 amide bonds. The molecule has 1 aromatic rings. The second kappa shape index (κ2) is 2.54. The van der Waals surface area contributed by atoms with Crippen molar-refractivity contribution in [2.75, 3.05) is 6.54 Å². The average Bonchev–Trinajstić information content (AvgIpc) is 2.63. The molecular weight excluding hydrogens is 164 g/mol. The molecular formula is C9H14N4. The highest BCUT2D eigenvalue weighted by Crippen LogP contribution is 2.44. The number of fused-ring (bicyclic) bond motifs is 1. The van der Waals surface area contributed by atoms with E-state index < -0.39 is 0 Å². The number of hydrogen-bond acceptors (Lipinski definition) is 3. The van der Waals surface area contributed by atoms with Gasteiger partial charge in [0.1, 0.15) is 5.82 Å². The maximum absolute atomic E-state index is 4.32. The molecule has 0 aromatic carbocycles. The van der Waals surface area contributed by atoms with Gasteiger partial charge in [-0.15, -0.1) is 0 Å². The van der Waals surface area contributed by atoms with Crippen molar-refractivity contribution in [2.24, 2.45) is 5.92 Å². The normalized spacial score (nSPS) is 32.1. The second-order valence-corrected chi connectivity index (χ2v) is 4.16. The first-order chi connectivity index (χ1) is 6.33. The predicted octanol–water partition coefficient (Wildman–Crippen LogP) is 0.707. The van der Waals surface area contributed by atoms with E-state index in [-0.39, 0.29) is 0 Å². The Morgan fingerprint density at radius 1 is 1.62 bits per heavy atom. The summed E-state index contributed by atoms with van der Waals surface area (Å²) in [6.45, 7) is 4.12. The van der Waals surface area contributed by atoms with Crippen LogP contribution < -0.4 is 0 Å². The van der Waals surface area contributed by atoms with Gasteiger partial charge in [-0.1, -0.05) is 0 Å². The quantitative estimate of drug-likeness (QED) is 0.725. The molecule has 13 heavy (non-hydrogen) atoms. The van der Waals surface area contributed by atoms with Crippen LogP contribution in [0, 0.1) is 12.8 Å². The van der Waals surface area contributed by atoms with Gasteiger partial charge in [-0.3, -0.25) is 10.00 Å². The maximum Gasteiger partial charge on any atom is 0.164 e. The van der Waals surface area contributed by atoms with Crippen LogP contribution in [0.1, 0.15) is 24.5 Å². The van der Waals surface area contributed by atoms with Crippen LogP contribution >= 0.6 is 0 Å². The summed E-state index contributed by atoms with van der Waals surface area (Å²) in [5, 5.41) is 7.04. The van der Waals surface area contributed by atoms with Crippen molar-refractivity contribution in [2.45, 2.75) is 32.4 Å². The van der Waals surface area contributed by atoms with Crippen molar-refractivity contribution in [3.8, 4) is 0 Å². The number of rotatable bonds is 2. The summed E-state index contributed by atoms with van der Waals surface area (Å²) in [6.07, 6.45) is 2.79. The fourth-order valence-electron chi connectivity index (χ4n) is 2.32. The van der Waals surface area contributed by atoms with E-state index in [0.717, 1.165) is 30.2 Å². The van der Waals surface area contributed by atoms with E-state index in [0.29, 0.717) is 0 Å². The summed E-state index contributed by atoms with van der Waals surface area (Å²) in [7, 11) is 0. The number of likely N-dealkylation sites (tertiary alicyclic amines) is 1. The minimum atomic E-state index is 0.860. The van der Waals surface area contributed by atoms with Crippen molar-refractivity contribution in [1.82, 2.24) is 20.1 Å². The van der Waals surface area contributed by atoms with E-state index in [4.69, 9.17) is 0 Å². The maximum atomic E-state index is 4.32. The zero-order valence-electron chi connectivity index (χ0n) is 7.82. The summed E-state index contributed by atoms with van der Waals surface area (Å²) in [4.78, 5) is 6.83. The summed E-state index contributed by atoms with van der Waals surface area (Å²) in [5.41, 5.74) is 0. The van der Waals surface area contributed by atoms with Gasteiger partial charge in [-0.2, -0.15) is 5.10 Å². The molecule has 1 aromatic heterocycles. The molecule has 1 saturated carbocycles. The minimum absolute atomic E-state index is 0.860. The van der Waals surface area contributed by atoms with Crippen molar-refractivity contribution in [1.29, 1.82) is 0 Å². The van der Waals surface area contributed by atoms with Crippen LogP contribution in [-0.4, -0.2) is 32.7 Å². The van der Waals surface area contributed by atoms with Crippen LogP contribution in [0.2, 0.25) is 0 Å². The van der Waals surface area contributed by atoms with Crippen molar-refractivity contribution < 1.29 is 0 Å². The fourth-order valence-corrected chi connectivity index (χ4v) is 2.32. The first kappa shape index (κ1) is 7.50. The van der Waals surface area contributed by atoms with E-state index in [1.54, 1.807) is 0 Å². The molecule has 0 bridgehead atoms. The Morgan fingerprint density at radius 2 is 2.54 bits per heavy atom. The Balaban J connectivity index is 1.68. The van der Waals surface area contributed by atoms with Crippen molar-refractivity contribution >= 4 is 0 Å². The number of piperidine rings is 1. The lowest BCUT2D eigenvalue weighted by Crippen LogP contribution is -2.23. The molecule has 1 N–H and O–H groups in total. The lowest BCUT2D eigenvalue weighted by Gasteiger charge is -2.14. The Hall–Kier alpha value is -0.900. The largest absolute Gasteiger partial charge is 0.293 e. The standard InChI is InChI=1S/C9H14N4/c1-6-10-9(12-11-6)5-13-3-2-7-4-8(7)13/h7-8H,2-5H2,1H3,(H,10,11,12). The predicted molar refractivity (Wildman–Crippen MR) is 48.0 cm³/mol. The van der Waals surface area contributed by atoms with Crippen LogP contribution in [0.25, 0.3) is 0 Å². The van der Waals surface area contributed by atoms with Gasteiger partial charge in [-0.25, -0.2) is 4.98 Å². The van der Waals surface area contributed by atoms with E-state index in [1.165, 1.54) is 19.4 Å². The lowest BCUT2D eigenvalue weighted by atomic mass is 10.3. The fraction of sp³-hybridized carbons (Fsp3) is 0.778. The molecule has 4 nitrogen and oxygen atoms in total. The zero-order valence-corrected chi connectivity index (χ0v) is 7.82. The molecule has 2 unspecified atom stereocenters. The van der Waals surface area contributed by atoms with Crippen molar-refractivity contribution in [3.05, 3.63) is 11.6 Å². The highest BCUT2D eigenvalue weighted by molar-refractivity contribution is 5.02. The summed E-state index contributed by atoms with van der Waals surface area (Å²) < 4.78 is 0. The SMILES string of the molecule is Cc1nc(CN2CCC3CC32)n[nH]1. The van der Waals surface area contributed by atoms with E-state index in [1.807, 2.05) is 6.92 Å². The van der Waals surface area contributed by atoms with Gasteiger partial charge >= 0.3 is 0 Å². The number of aromatic amines is 1. The molecule has 0 spiro atoms. The monoisotopic (exact) mass is 178 g/mol. The summed E-state index contributed by atoms with van der Waals surface area (Å²) >= 11 is 0. The van der Waals surface area contributed by atoms with Gasteiger partial charge in [-0.05, 0) is 32.2 Å². The number of aromatic nitrogens is 3. The van der Waals surface area contributed by atoms with Gasteiger partial charge < -0.3 is 0 Å². The Kier molecular flexibility index (Phi) is 1.47. The Bertz CT molecular complexity index is 319. The summed E-state index contributed by atoms with van der Waals surface area (Å²) in [6, 6.07) is 0.860. The first-order valence-corrected chi connectivity index (χ1v) is 4.95. The number of H-pyrrole nitrogens is 1. The molecule has 1 aliphatic carbocycles. The van der Waals surface area contributed by atoms with E-state index in [2.05, 4.69) is 20.1 Å². The number of aryl methyl sites for hydroxylation is 1. The third-order valence-electron chi connectivity index (χ3n) is 3.13. The molecule has 0 radical (unpaired) electrons. The smallest absolute Gasteiger partial charge is 0.164 e. The minimum Gasteiger partial charge on any atom is -0.293 e. The van der Waals surface area contributed by atoms with E-state index in [9.17, 15) is 0 Å². The second-order valence-electron chi connectivity index (χ2n) is 4.16. The van der Waals surface area contributed by atoms with Gasteiger partial charge in [0.25, 0.3) is 0 Å². The molecule has 4 heteroatoms. The van der Waals surface area contributed by atoms with Crippen LogP contribution in [0.5, 0.6) is 0 Å². The number of hydrogen-bond donors (Lipinski definition) is 1. The Morgan fingerprint density at radius 3 is 3.08 bits per heavy atom. The molecule has 2 heterocycles. The molecule has 2 fully saturated rings. The lowest BCUT2D eigenvalue weighted by molar-refractivity contribution is 0.284. The first-order valence-electron chi connectivity index (χ1n) is 4.95. The molecule has 2 atom stereocenters. The molecule has 1 aliphatic heterocycles. The molecule has 2 aliphatic rings. The van der Waals surface area contributed by atoms with Gasteiger partial charge in [0.15, 0.2) is 5.82 Å². The highest BCUT2D eigenvalue weighted by atomic mass is 15.3. The molecule has 3 rings (SSSR count). The third kappa shape index (κ3) is 1.25. The van der Waals surface area contributed by atoms with Gasteiger partial charge in [0, 0.05) is 6.04 Å². The topological polar surface area (TPSA) is 44.8 Å². The summed E-state index contributed by atoms with van der Waals surface area (Å²) in [5.74, 6) is 2.87. The third-order valence-corrected chi connectivity index (χ3v) is 3.13. The van der Waals surface area contributed by atoms with Crippen LogP contribution in [0.4, 0.5) is 0 Å². The van der Waals surface area contributed by atoms with E-state index >= 15 is 0 Å². The Labute approximate surface area is 77.4 Å². The van der Waals surface area contributed by atoms with Gasteiger partial charge in [0.2, 0.25) is 0 Å². The van der Waals surface area contributed by atoms with Gasteiger partial charge in [0.05, 0.1) is 6.54 Å². The number of nitrogens with zero attached hydrogens (tertiary/aromatic N) is 3. The highest BCUT2D eigenvalue weighted by Gasteiger charge is 2.46. The van der Waals surface area contributed by atoms with Crippen molar-refractivity contribution in [3.63, 3.8) is 0 Å². The van der Waals surface area contributed by atoms with Crippen LogP contribution in [0.15, 0.2) is 0 Å². The van der Waals surface area contributed by atoms with Crippen LogP contribution in [0.3, 0.4) is 0 Å².